The monoisotopic (exact) mass is 476 g/mol. The van der Waals surface area contributed by atoms with Crippen molar-refractivity contribution in [3.63, 3.8) is 0 Å². The fraction of sp³-hybridized carbons (Fsp3) is 0.852. The molecule has 0 radical (unpaired) electrons. The molecule has 10 atom stereocenters. The van der Waals surface area contributed by atoms with Gasteiger partial charge in [-0.2, -0.15) is 0 Å². The Kier molecular flexibility index (Phi) is 6.62. The van der Waals surface area contributed by atoms with E-state index in [2.05, 4.69) is 13.8 Å². The van der Waals surface area contributed by atoms with E-state index in [4.69, 9.17) is 14.2 Å². The summed E-state index contributed by atoms with van der Waals surface area (Å²) in [6.45, 7) is 10.4. The molecule has 5 unspecified atom stereocenters. The number of carbonyl (C=O) groups excluding carboxylic acids is 4. The minimum absolute atomic E-state index is 0.0357. The van der Waals surface area contributed by atoms with E-state index in [1.165, 1.54) is 20.8 Å². The van der Waals surface area contributed by atoms with E-state index in [0.29, 0.717) is 6.42 Å². The smallest absolute Gasteiger partial charge is 0.302 e. The van der Waals surface area contributed by atoms with Gasteiger partial charge in [0.1, 0.15) is 24.1 Å². The zero-order valence-corrected chi connectivity index (χ0v) is 21.4. The van der Waals surface area contributed by atoms with Gasteiger partial charge < -0.3 is 14.2 Å². The second-order valence-electron chi connectivity index (χ2n) is 11.8. The third-order valence-electron chi connectivity index (χ3n) is 10.1. The lowest BCUT2D eigenvalue weighted by Gasteiger charge is -2.63. The number of hydrogen-bond donors (Lipinski definition) is 0. The minimum atomic E-state index is -0.463. The van der Waals surface area contributed by atoms with Gasteiger partial charge >= 0.3 is 17.9 Å². The Hall–Kier alpha value is -1.92. The molecule has 4 aliphatic rings. The van der Waals surface area contributed by atoms with Crippen molar-refractivity contribution in [3.05, 3.63) is 0 Å². The van der Waals surface area contributed by atoms with Crippen LogP contribution in [0.2, 0.25) is 0 Å². The van der Waals surface area contributed by atoms with Crippen LogP contribution in [0.5, 0.6) is 0 Å². The van der Waals surface area contributed by atoms with Crippen LogP contribution in [0.4, 0.5) is 0 Å². The SMILES string of the molecule is CC(=O)O[C@@H]1CCC2(C)C(C1)C[C@@H](OC(C)=O)C1[C@@H]2C[C@H](OC(C)=O)C2(C)C(C(C)=O)CC[C@@H]12. The summed E-state index contributed by atoms with van der Waals surface area (Å²) in [4.78, 5) is 48.7. The van der Waals surface area contributed by atoms with Crippen molar-refractivity contribution in [3.8, 4) is 0 Å². The first-order valence-corrected chi connectivity index (χ1v) is 12.9. The van der Waals surface area contributed by atoms with E-state index >= 15 is 0 Å². The lowest BCUT2D eigenvalue weighted by atomic mass is 9.43. The number of hydrogen-bond acceptors (Lipinski definition) is 7. The van der Waals surface area contributed by atoms with Crippen LogP contribution in [-0.4, -0.2) is 42.0 Å². The summed E-state index contributed by atoms with van der Waals surface area (Å²) in [5.74, 6) is -0.185. The lowest BCUT2D eigenvalue weighted by Crippen LogP contribution is -2.63. The van der Waals surface area contributed by atoms with Crippen LogP contribution in [0.15, 0.2) is 0 Å². The van der Waals surface area contributed by atoms with Gasteiger partial charge in [-0.3, -0.25) is 19.2 Å². The molecule has 190 valence electrons. The summed E-state index contributed by atoms with van der Waals surface area (Å²) in [6.07, 6.45) is 4.84. The van der Waals surface area contributed by atoms with Gasteiger partial charge in [0.05, 0.1) is 0 Å². The van der Waals surface area contributed by atoms with E-state index in [1.54, 1.807) is 6.92 Å². The maximum absolute atomic E-state index is 12.7. The molecule has 0 saturated heterocycles. The first kappa shape index (κ1) is 25.2. The molecule has 0 aromatic heterocycles. The van der Waals surface area contributed by atoms with Crippen molar-refractivity contribution < 1.29 is 33.4 Å². The van der Waals surface area contributed by atoms with E-state index in [9.17, 15) is 19.2 Å². The van der Waals surface area contributed by atoms with Crippen LogP contribution < -0.4 is 0 Å². The molecule has 0 bridgehead atoms. The molecule has 4 saturated carbocycles. The maximum atomic E-state index is 12.7. The Labute approximate surface area is 202 Å². The predicted octanol–water partition coefficient (Wildman–Crippen LogP) is 4.25. The van der Waals surface area contributed by atoms with Gasteiger partial charge in [-0.05, 0) is 75.0 Å². The zero-order valence-electron chi connectivity index (χ0n) is 21.4. The van der Waals surface area contributed by atoms with Crippen LogP contribution in [0.3, 0.4) is 0 Å². The van der Waals surface area contributed by atoms with Gasteiger partial charge in [0.15, 0.2) is 0 Å². The number of fused-ring (bicyclic) bond motifs is 5. The minimum Gasteiger partial charge on any atom is -0.463 e. The normalized spacial score (nSPS) is 45.2. The second-order valence-corrected chi connectivity index (χ2v) is 11.8. The highest BCUT2D eigenvalue weighted by atomic mass is 16.6. The molecule has 0 aromatic carbocycles. The summed E-state index contributed by atoms with van der Waals surface area (Å²) in [5, 5.41) is 0. The molecule has 7 nitrogen and oxygen atoms in total. The average molecular weight is 477 g/mol. The third kappa shape index (κ3) is 4.07. The van der Waals surface area contributed by atoms with Gasteiger partial charge in [0.25, 0.3) is 0 Å². The van der Waals surface area contributed by atoms with E-state index in [1.807, 2.05) is 0 Å². The number of ether oxygens (including phenoxy) is 3. The van der Waals surface area contributed by atoms with Gasteiger partial charge in [-0.1, -0.05) is 13.8 Å². The van der Waals surface area contributed by atoms with E-state index in [-0.39, 0.29) is 77.0 Å². The second kappa shape index (κ2) is 8.94. The first-order chi connectivity index (χ1) is 15.9. The van der Waals surface area contributed by atoms with Crippen LogP contribution in [-0.2, 0) is 33.4 Å². The Morgan fingerprint density at radius 2 is 1.38 bits per heavy atom. The zero-order chi connectivity index (χ0) is 25.0. The van der Waals surface area contributed by atoms with Gasteiger partial charge in [0.2, 0.25) is 0 Å². The van der Waals surface area contributed by atoms with Gasteiger partial charge in [-0.15, -0.1) is 0 Å². The molecule has 4 fully saturated rings. The van der Waals surface area contributed by atoms with Crippen molar-refractivity contribution in [1.82, 2.24) is 0 Å². The molecular weight excluding hydrogens is 436 g/mol. The number of esters is 3. The fourth-order valence-corrected chi connectivity index (χ4v) is 8.82. The fourth-order valence-electron chi connectivity index (χ4n) is 8.82. The van der Waals surface area contributed by atoms with Crippen molar-refractivity contribution >= 4 is 23.7 Å². The summed E-state index contributed by atoms with van der Waals surface area (Å²) in [5.41, 5.74) is -0.499. The Balaban J connectivity index is 1.74. The molecule has 34 heavy (non-hydrogen) atoms. The molecule has 0 N–H and O–H groups in total. The van der Waals surface area contributed by atoms with Crippen LogP contribution in [0.25, 0.3) is 0 Å². The highest BCUT2D eigenvalue weighted by Crippen LogP contribution is 2.68. The molecule has 4 rings (SSSR count). The van der Waals surface area contributed by atoms with Gasteiger partial charge in [0, 0.05) is 38.0 Å². The summed E-state index contributed by atoms with van der Waals surface area (Å²) in [6, 6.07) is 0. The molecule has 0 heterocycles. The van der Waals surface area contributed by atoms with Crippen LogP contribution in [0.1, 0.15) is 86.5 Å². The number of rotatable bonds is 4. The van der Waals surface area contributed by atoms with Gasteiger partial charge in [-0.25, -0.2) is 0 Å². The molecular formula is C27H40O7. The Morgan fingerprint density at radius 3 is 1.97 bits per heavy atom. The molecule has 0 amide bonds. The van der Waals surface area contributed by atoms with Crippen molar-refractivity contribution in [2.75, 3.05) is 0 Å². The summed E-state index contributed by atoms with van der Waals surface area (Å²) in [7, 11) is 0. The topological polar surface area (TPSA) is 96.0 Å². The molecule has 0 aromatic rings. The molecule has 4 aliphatic carbocycles. The molecule has 7 heteroatoms. The Bertz CT molecular complexity index is 867. The maximum Gasteiger partial charge on any atom is 0.302 e. The van der Waals surface area contributed by atoms with E-state index < -0.39 is 5.41 Å². The molecule has 0 aliphatic heterocycles. The standard InChI is InChI=1S/C27H40O7/c1-14(28)20-7-8-21-25-22(13-24(27(20,21)6)34-17(4)31)26(5)10-9-19(32-15(2)29)11-18(26)12-23(25)33-16(3)30/h18-25H,7-13H2,1-6H3/t18?,19-,20?,21+,22+,23-,24+,25?,26?,27?/m1/s1. The lowest BCUT2D eigenvalue weighted by molar-refractivity contribution is -0.222. The van der Waals surface area contributed by atoms with Crippen LogP contribution >= 0.6 is 0 Å². The van der Waals surface area contributed by atoms with E-state index in [0.717, 1.165) is 38.5 Å². The summed E-state index contributed by atoms with van der Waals surface area (Å²) >= 11 is 0. The summed E-state index contributed by atoms with van der Waals surface area (Å²) < 4.78 is 17.6. The highest BCUT2D eigenvalue weighted by Gasteiger charge is 2.67. The number of ketones is 1. The third-order valence-corrected chi connectivity index (χ3v) is 10.1. The average Bonchev–Trinajstić information content (AvgIpc) is 3.07. The Morgan fingerprint density at radius 1 is 0.735 bits per heavy atom. The van der Waals surface area contributed by atoms with Crippen molar-refractivity contribution in [2.45, 2.75) is 105 Å². The number of carbonyl (C=O) groups is 4. The van der Waals surface area contributed by atoms with Crippen LogP contribution in [0, 0.1) is 40.4 Å². The van der Waals surface area contributed by atoms with Crippen molar-refractivity contribution in [1.29, 1.82) is 0 Å². The first-order valence-electron chi connectivity index (χ1n) is 12.9. The molecule has 0 spiro atoms. The predicted molar refractivity (Wildman–Crippen MR) is 123 cm³/mol. The highest BCUT2D eigenvalue weighted by molar-refractivity contribution is 5.80. The largest absolute Gasteiger partial charge is 0.463 e. The number of Topliss-reactive ketones (excluding diaryl/α,β-unsaturated/α-hetero) is 1. The quantitative estimate of drug-likeness (QED) is 0.442. The van der Waals surface area contributed by atoms with Crippen molar-refractivity contribution in [2.24, 2.45) is 40.4 Å².